The third kappa shape index (κ3) is 4.11. The lowest BCUT2D eigenvalue weighted by Gasteiger charge is -2.22. The molecule has 0 saturated carbocycles. The van der Waals surface area contributed by atoms with Crippen molar-refractivity contribution in [3.05, 3.63) is 45.3 Å². The third-order valence-corrected chi connectivity index (χ3v) is 3.75. The molecule has 0 saturated heterocycles. The minimum atomic E-state index is -4.67. The van der Waals surface area contributed by atoms with Crippen LogP contribution in [0.2, 0.25) is 0 Å². The van der Waals surface area contributed by atoms with Gasteiger partial charge < -0.3 is 9.52 Å². The average molecular weight is 329 g/mol. The largest absolute Gasteiger partial charge is 0.423 e. The highest BCUT2D eigenvalue weighted by atomic mass is 19.4. The van der Waals surface area contributed by atoms with E-state index in [1.165, 1.54) is 18.0 Å². The number of aliphatic hydroxyl groups excluding tert-OH is 1. The van der Waals surface area contributed by atoms with Gasteiger partial charge in [0.2, 0.25) is 0 Å². The molecule has 1 unspecified atom stereocenters. The van der Waals surface area contributed by atoms with Crippen molar-refractivity contribution in [2.75, 3.05) is 13.6 Å². The number of hydrogen-bond acceptors (Lipinski definition) is 4. The van der Waals surface area contributed by atoms with Gasteiger partial charge in [-0.1, -0.05) is 0 Å². The van der Waals surface area contributed by atoms with Crippen LogP contribution in [0.4, 0.5) is 13.2 Å². The lowest BCUT2D eigenvalue weighted by Crippen LogP contribution is -2.39. The molecule has 1 aromatic carbocycles. The van der Waals surface area contributed by atoms with Crippen LogP contribution in [-0.4, -0.2) is 35.9 Å². The first-order chi connectivity index (χ1) is 10.6. The molecule has 0 amide bonds. The van der Waals surface area contributed by atoms with Crippen LogP contribution < -0.4 is 5.63 Å². The molecule has 0 bridgehead atoms. The molecule has 2 aromatic rings. The number of halogens is 3. The summed E-state index contributed by atoms with van der Waals surface area (Å²) in [5.74, 6) is 0. The second kappa shape index (κ2) is 6.33. The first-order valence-corrected chi connectivity index (χ1v) is 7.05. The molecule has 126 valence electrons. The summed E-state index contributed by atoms with van der Waals surface area (Å²) in [6, 6.07) is 4.85. The van der Waals surface area contributed by atoms with Gasteiger partial charge in [-0.25, -0.2) is 4.79 Å². The molecule has 2 rings (SSSR count). The zero-order chi connectivity index (χ0) is 17.4. The standard InChI is InChI=1S/C16H18F3NO3/c1-9-4-12-11(6-15(22)23-13(12)5-10(9)2)7-20(3)8-14(21)16(17,18)19/h4-6,14,21H,7-8H2,1-3H3. The first kappa shape index (κ1) is 17.5. The van der Waals surface area contributed by atoms with Crippen LogP contribution in [0.3, 0.4) is 0 Å². The van der Waals surface area contributed by atoms with Gasteiger partial charge >= 0.3 is 11.8 Å². The van der Waals surface area contributed by atoms with Crippen molar-refractivity contribution in [2.45, 2.75) is 32.7 Å². The predicted molar refractivity (Wildman–Crippen MR) is 80.4 cm³/mol. The molecule has 1 heterocycles. The Bertz CT molecular complexity index is 767. The molecule has 0 fully saturated rings. The van der Waals surface area contributed by atoms with Gasteiger partial charge in [-0.05, 0) is 49.7 Å². The van der Waals surface area contributed by atoms with E-state index in [-0.39, 0.29) is 6.54 Å². The van der Waals surface area contributed by atoms with Gasteiger partial charge in [-0.2, -0.15) is 13.2 Å². The van der Waals surface area contributed by atoms with Crippen LogP contribution in [0.15, 0.2) is 27.4 Å². The Kier molecular flexibility index (Phi) is 4.81. The number of hydrogen-bond donors (Lipinski definition) is 1. The normalized spacial score (nSPS) is 13.7. The van der Waals surface area contributed by atoms with Crippen LogP contribution in [0, 0.1) is 13.8 Å². The molecule has 0 aliphatic rings. The Morgan fingerprint density at radius 1 is 1.22 bits per heavy atom. The molecule has 0 spiro atoms. The molecule has 0 radical (unpaired) electrons. The fraction of sp³-hybridized carbons (Fsp3) is 0.438. The average Bonchev–Trinajstić information content (AvgIpc) is 2.39. The number of rotatable bonds is 4. The SMILES string of the molecule is Cc1cc2oc(=O)cc(CN(C)CC(O)C(F)(F)F)c2cc1C. The maximum absolute atomic E-state index is 12.4. The summed E-state index contributed by atoms with van der Waals surface area (Å²) in [5.41, 5.74) is 2.36. The minimum Gasteiger partial charge on any atom is -0.423 e. The number of nitrogens with zero attached hydrogens (tertiary/aromatic N) is 1. The highest BCUT2D eigenvalue weighted by Crippen LogP contribution is 2.24. The minimum absolute atomic E-state index is 0.0950. The van der Waals surface area contributed by atoms with E-state index in [1.54, 1.807) is 6.07 Å². The number of benzene rings is 1. The van der Waals surface area contributed by atoms with Crippen LogP contribution in [-0.2, 0) is 6.54 Å². The Hall–Kier alpha value is -1.86. The molecule has 0 aliphatic carbocycles. The van der Waals surface area contributed by atoms with E-state index in [0.29, 0.717) is 16.5 Å². The Labute approximate surface area is 131 Å². The number of alkyl halides is 3. The van der Waals surface area contributed by atoms with Gasteiger partial charge in [0.15, 0.2) is 6.10 Å². The zero-order valence-electron chi connectivity index (χ0n) is 13.1. The molecule has 1 atom stereocenters. The molecular formula is C16H18F3NO3. The fourth-order valence-electron chi connectivity index (χ4n) is 2.37. The van der Waals surface area contributed by atoms with Crippen molar-refractivity contribution >= 4 is 11.0 Å². The summed E-state index contributed by atoms with van der Waals surface area (Å²) in [5, 5.41) is 9.82. The molecule has 0 aliphatic heterocycles. The highest BCUT2D eigenvalue weighted by Gasteiger charge is 2.38. The maximum Gasteiger partial charge on any atom is 0.415 e. The molecule has 1 aromatic heterocycles. The van der Waals surface area contributed by atoms with E-state index < -0.39 is 24.5 Å². The molecule has 23 heavy (non-hydrogen) atoms. The Morgan fingerprint density at radius 3 is 2.43 bits per heavy atom. The van der Waals surface area contributed by atoms with Crippen LogP contribution >= 0.6 is 0 Å². The highest BCUT2D eigenvalue weighted by molar-refractivity contribution is 5.81. The van der Waals surface area contributed by atoms with Crippen molar-refractivity contribution in [3.63, 3.8) is 0 Å². The van der Waals surface area contributed by atoms with E-state index in [0.717, 1.165) is 11.1 Å². The summed E-state index contributed by atoms with van der Waals surface area (Å²) in [4.78, 5) is 13.0. The third-order valence-electron chi connectivity index (χ3n) is 3.75. The van der Waals surface area contributed by atoms with Crippen molar-refractivity contribution < 1.29 is 22.7 Å². The van der Waals surface area contributed by atoms with E-state index in [9.17, 15) is 18.0 Å². The lowest BCUT2D eigenvalue weighted by atomic mass is 10.0. The summed E-state index contributed by atoms with van der Waals surface area (Å²) >= 11 is 0. The monoisotopic (exact) mass is 329 g/mol. The summed E-state index contributed by atoms with van der Waals surface area (Å²) in [6.07, 6.45) is -7.09. The fourth-order valence-corrected chi connectivity index (χ4v) is 2.37. The summed E-state index contributed by atoms with van der Waals surface area (Å²) < 4.78 is 42.4. The van der Waals surface area contributed by atoms with Crippen LogP contribution in [0.25, 0.3) is 11.0 Å². The van der Waals surface area contributed by atoms with Crippen LogP contribution in [0.1, 0.15) is 16.7 Å². The lowest BCUT2D eigenvalue weighted by molar-refractivity contribution is -0.207. The number of aliphatic hydroxyl groups is 1. The first-order valence-electron chi connectivity index (χ1n) is 7.05. The molecule has 4 nitrogen and oxygen atoms in total. The quantitative estimate of drug-likeness (QED) is 0.877. The summed E-state index contributed by atoms with van der Waals surface area (Å²) in [6.45, 7) is 3.31. The Morgan fingerprint density at radius 2 is 1.83 bits per heavy atom. The van der Waals surface area contributed by atoms with Gasteiger partial charge in [0, 0.05) is 24.5 Å². The van der Waals surface area contributed by atoms with E-state index in [2.05, 4.69) is 0 Å². The van der Waals surface area contributed by atoms with E-state index in [1.807, 2.05) is 19.9 Å². The van der Waals surface area contributed by atoms with Crippen LogP contribution in [0.5, 0.6) is 0 Å². The summed E-state index contributed by atoms with van der Waals surface area (Å²) in [7, 11) is 1.45. The number of likely N-dealkylation sites (N-methyl/N-ethyl adjacent to an activating group) is 1. The van der Waals surface area contributed by atoms with Crippen molar-refractivity contribution in [2.24, 2.45) is 0 Å². The van der Waals surface area contributed by atoms with Crippen molar-refractivity contribution in [1.82, 2.24) is 4.90 Å². The van der Waals surface area contributed by atoms with Gasteiger partial charge in [0.25, 0.3) is 0 Å². The van der Waals surface area contributed by atoms with E-state index >= 15 is 0 Å². The number of aryl methyl sites for hydroxylation is 2. The van der Waals surface area contributed by atoms with Gasteiger partial charge in [-0.15, -0.1) is 0 Å². The maximum atomic E-state index is 12.4. The zero-order valence-corrected chi connectivity index (χ0v) is 13.1. The topological polar surface area (TPSA) is 53.7 Å². The second-order valence-electron chi connectivity index (χ2n) is 5.78. The van der Waals surface area contributed by atoms with Gasteiger partial charge in [0.05, 0.1) is 0 Å². The second-order valence-corrected chi connectivity index (χ2v) is 5.78. The van der Waals surface area contributed by atoms with Crippen molar-refractivity contribution in [1.29, 1.82) is 0 Å². The van der Waals surface area contributed by atoms with Gasteiger partial charge in [-0.3, -0.25) is 4.90 Å². The molecule has 7 heteroatoms. The Balaban J connectivity index is 2.32. The van der Waals surface area contributed by atoms with E-state index in [4.69, 9.17) is 9.52 Å². The molecular weight excluding hydrogens is 311 g/mol. The molecule has 1 N–H and O–H groups in total. The predicted octanol–water partition coefficient (Wildman–Crippen LogP) is 2.76. The van der Waals surface area contributed by atoms with Crippen molar-refractivity contribution in [3.8, 4) is 0 Å². The van der Waals surface area contributed by atoms with Gasteiger partial charge in [0.1, 0.15) is 5.58 Å². The smallest absolute Gasteiger partial charge is 0.415 e. The number of fused-ring (bicyclic) bond motifs is 1.